The highest BCUT2D eigenvalue weighted by molar-refractivity contribution is 9.10. The molecule has 3 heteroatoms. The molecular weight excluding hydrogens is 288 g/mol. The van der Waals surface area contributed by atoms with Gasteiger partial charge in [0, 0.05) is 23.2 Å². The van der Waals surface area contributed by atoms with Crippen molar-refractivity contribution >= 4 is 27.3 Å². The molecule has 1 aliphatic heterocycles. The Morgan fingerprint density at radius 1 is 1.33 bits per heavy atom. The van der Waals surface area contributed by atoms with E-state index in [1.807, 2.05) is 6.07 Å². The third-order valence-electron chi connectivity index (χ3n) is 4.61. The Balaban J connectivity index is 2.27. The van der Waals surface area contributed by atoms with Crippen LogP contribution in [0.15, 0.2) is 16.6 Å². The summed E-state index contributed by atoms with van der Waals surface area (Å²) < 4.78 is 1.12. The molecule has 0 aliphatic carbocycles. The predicted molar refractivity (Wildman–Crippen MR) is 83.1 cm³/mol. The van der Waals surface area contributed by atoms with Crippen LogP contribution < -0.4 is 10.6 Å². The Kier molecular flexibility index (Phi) is 3.90. The molecule has 0 aromatic heterocycles. The summed E-state index contributed by atoms with van der Waals surface area (Å²) in [6, 6.07) is 4.24. The Labute approximate surface area is 119 Å². The van der Waals surface area contributed by atoms with Gasteiger partial charge in [-0.15, -0.1) is 0 Å². The van der Waals surface area contributed by atoms with Gasteiger partial charge in [-0.25, -0.2) is 0 Å². The summed E-state index contributed by atoms with van der Waals surface area (Å²) in [5.41, 5.74) is 9.78. The Morgan fingerprint density at radius 3 is 2.56 bits per heavy atom. The van der Waals surface area contributed by atoms with Gasteiger partial charge >= 0.3 is 0 Å². The van der Waals surface area contributed by atoms with Gasteiger partial charge in [0.15, 0.2) is 0 Å². The normalized spacial score (nSPS) is 18.3. The molecule has 2 rings (SSSR count). The fourth-order valence-corrected chi connectivity index (χ4v) is 3.50. The van der Waals surface area contributed by atoms with E-state index in [2.05, 4.69) is 47.7 Å². The number of rotatable bonds is 3. The van der Waals surface area contributed by atoms with Crippen molar-refractivity contribution in [1.29, 1.82) is 0 Å². The third-order valence-corrected chi connectivity index (χ3v) is 5.25. The van der Waals surface area contributed by atoms with Gasteiger partial charge < -0.3 is 10.6 Å². The summed E-state index contributed by atoms with van der Waals surface area (Å²) in [6.07, 6.45) is 3.84. The number of nitrogens with zero attached hydrogens (tertiary/aromatic N) is 1. The van der Waals surface area contributed by atoms with E-state index in [0.717, 1.165) is 16.7 Å². The van der Waals surface area contributed by atoms with Gasteiger partial charge in [-0.05, 0) is 65.2 Å². The fraction of sp³-hybridized carbons (Fsp3) is 0.600. The molecule has 1 heterocycles. The van der Waals surface area contributed by atoms with Gasteiger partial charge in [0.25, 0.3) is 0 Å². The van der Waals surface area contributed by atoms with E-state index in [0.29, 0.717) is 5.41 Å². The molecule has 0 unspecified atom stereocenters. The molecule has 100 valence electrons. The van der Waals surface area contributed by atoms with E-state index in [9.17, 15) is 0 Å². The molecule has 0 spiro atoms. The van der Waals surface area contributed by atoms with Gasteiger partial charge in [-0.2, -0.15) is 0 Å². The van der Waals surface area contributed by atoms with Crippen LogP contribution in [0.25, 0.3) is 0 Å². The van der Waals surface area contributed by atoms with Crippen LogP contribution in [0.1, 0.15) is 38.7 Å². The van der Waals surface area contributed by atoms with Crippen molar-refractivity contribution in [3.63, 3.8) is 0 Å². The van der Waals surface area contributed by atoms with Gasteiger partial charge in [0.05, 0.1) is 5.69 Å². The number of hydrogen-bond donors (Lipinski definition) is 1. The van der Waals surface area contributed by atoms with Crippen LogP contribution in [0.5, 0.6) is 0 Å². The minimum atomic E-state index is 0.509. The second kappa shape index (κ2) is 5.12. The van der Waals surface area contributed by atoms with Crippen LogP contribution >= 0.6 is 15.9 Å². The van der Waals surface area contributed by atoms with Crippen molar-refractivity contribution in [3.8, 4) is 0 Å². The highest BCUT2D eigenvalue weighted by Gasteiger charge is 2.35. The first-order chi connectivity index (χ1) is 8.51. The molecule has 1 aromatic rings. The molecule has 2 nitrogen and oxygen atoms in total. The molecule has 0 radical (unpaired) electrons. The Bertz CT molecular complexity index is 438. The SMILES string of the molecule is CCC1(CC)CCN(c2cc(C)c(N)cc2Br)C1. The van der Waals surface area contributed by atoms with Gasteiger partial charge in [-0.3, -0.25) is 0 Å². The maximum Gasteiger partial charge on any atom is 0.0515 e. The zero-order chi connectivity index (χ0) is 13.3. The minimum Gasteiger partial charge on any atom is -0.398 e. The zero-order valence-electron chi connectivity index (χ0n) is 11.6. The van der Waals surface area contributed by atoms with Crippen molar-refractivity contribution in [3.05, 3.63) is 22.2 Å². The summed E-state index contributed by atoms with van der Waals surface area (Å²) in [7, 11) is 0. The maximum absolute atomic E-state index is 5.95. The lowest BCUT2D eigenvalue weighted by atomic mass is 9.82. The van der Waals surface area contributed by atoms with E-state index in [1.165, 1.54) is 37.1 Å². The summed E-state index contributed by atoms with van der Waals surface area (Å²) in [6.45, 7) is 9.03. The lowest BCUT2D eigenvalue weighted by Gasteiger charge is -2.28. The number of anilines is 2. The molecule has 1 aromatic carbocycles. The Hall–Kier alpha value is -0.700. The predicted octanol–water partition coefficient (Wildman–Crippen LogP) is 4.36. The highest BCUT2D eigenvalue weighted by atomic mass is 79.9. The van der Waals surface area contributed by atoms with Crippen molar-refractivity contribution in [2.24, 2.45) is 5.41 Å². The van der Waals surface area contributed by atoms with Crippen molar-refractivity contribution in [1.82, 2.24) is 0 Å². The quantitative estimate of drug-likeness (QED) is 0.841. The molecule has 0 atom stereocenters. The highest BCUT2D eigenvalue weighted by Crippen LogP contribution is 2.41. The van der Waals surface area contributed by atoms with Gasteiger partial charge in [-0.1, -0.05) is 13.8 Å². The number of nitrogen functional groups attached to an aromatic ring is 1. The van der Waals surface area contributed by atoms with Crippen LogP contribution in [-0.2, 0) is 0 Å². The maximum atomic E-state index is 5.95. The Morgan fingerprint density at radius 2 is 2.00 bits per heavy atom. The topological polar surface area (TPSA) is 29.3 Å². The van der Waals surface area contributed by atoms with Gasteiger partial charge in [0.2, 0.25) is 0 Å². The van der Waals surface area contributed by atoms with E-state index in [4.69, 9.17) is 5.73 Å². The molecule has 0 amide bonds. The van der Waals surface area contributed by atoms with Crippen LogP contribution in [0.2, 0.25) is 0 Å². The lowest BCUT2D eigenvalue weighted by molar-refractivity contribution is 0.301. The van der Waals surface area contributed by atoms with Crippen molar-refractivity contribution in [2.75, 3.05) is 23.7 Å². The first-order valence-corrected chi connectivity index (χ1v) is 7.61. The van der Waals surface area contributed by atoms with E-state index >= 15 is 0 Å². The summed E-state index contributed by atoms with van der Waals surface area (Å²) in [4.78, 5) is 2.50. The van der Waals surface area contributed by atoms with Crippen molar-refractivity contribution < 1.29 is 0 Å². The smallest absolute Gasteiger partial charge is 0.0515 e. The molecule has 18 heavy (non-hydrogen) atoms. The monoisotopic (exact) mass is 310 g/mol. The molecule has 0 saturated carbocycles. The second-order valence-electron chi connectivity index (χ2n) is 5.54. The minimum absolute atomic E-state index is 0.509. The molecule has 1 aliphatic rings. The summed E-state index contributed by atoms with van der Waals surface area (Å²) in [5.74, 6) is 0. The zero-order valence-corrected chi connectivity index (χ0v) is 13.2. The van der Waals surface area contributed by atoms with E-state index in [-0.39, 0.29) is 0 Å². The fourth-order valence-electron chi connectivity index (χ4n) is 2.89. The molecule has 0 bridgehead atoms. The first kappa shape index (κ1) is 13.7. The second-order valence-corrected chi connectivity index (χ2v) is 6.39. The van der Waals surface area contributed by atoms with Crippen LogP contribution in [0.4, 0.5) is 11.4 Å². The molecule has 1 fully saturated rings. The summed E-state index contributed by atoms with van der Waals surface area (Å²) in [5, 5.41) is 0. The van der Waals surface area contributed by atoms with E-state index in [1.54, 1.807) is 0 Å². The van der Waals surface area contributed by atoms with Gasteiger partial charge in [0.1, 0.15) is 0 Å². The number of benzene rings is 1. The number of hydrogen-bond acceptors (Lipinski definition) is 2. The largest absolute Gasteiger partial charge is 0.398 e. The lowest BCUT2D eigenvalue weighted by Crippen LogP contribution is -2.26. The van der Waals surface area contributed by atoms with Crippen molar-refractivity contribution in [2.45, 2.75) is 40.0 Å². The number of aryl methyl sites for hydroxylation is 1. The average molecular weight is 311 g/mol. The first-order valence-electron chi connectivity index (χ1n) is 6.82. The molecular formula is C15H23BrN2. The molecule has 2 N–H and O–H groups in total. The van der Waals surface area contributed by atoms with E-state index < -0.39 is 0 Å². The van der Waals surface area contributed by atoms with Crippen LogP contribution in [0, 0.1) is 12.3 Å². The third kappa shape index (κ3) is 2.37. The average Bonchev–Trinajstić information content (AvgIpc) is 2.79. The number of halogens is 1. The van der Waals surface area contributed by atoms with Crippen LogP contribution in [0.3, 0.4) is 0 Å². The van der Waals surface area contributed by atoms with Crippen LogP contribution in [-0.4, -0.2) is 13.1 Å². The molecule has 1 saturated heterocycles. The summed E-state index contributed by atoms with van der Waals surface area (Å²) >= 11 is 3.65. The number of nitrogens with two attached hydrogens (primary N) is 1. The standard InChI is InChI=1S/C15H23BrN2/c1-4-15(5-2)6-7-18(10-15)14-8-11(3)13(17)9-12(14)16/h8-9H,4-7,10,17H2,1-3H3.